The van der Waals surface area contributed by atoms with Crippen molar-refractivity contribution in [2.75, 3.05) is 11.9 Å². The van der Waals surface area contributed by atoms with Gasteiger partial charge in [0, 0.05) is 12.2 Å². The first kappa shape index (κ1) is 26.2. The third-order valence-corrected chi connectivity index (χ3v) is 7.24. The summed E-state index contributed by atoms with van der Waals surface area (Å²) < 4.78 is 17.3. The summed E-state index contributed by atoms with van der Waals surface area (Å²) in [5, 5.41) is 2.86. The summed E-state index contributed by atoms with van der Waals surface area (Å²) in [5.74, 6) is 1.24. The van der Waals surface area contributed by atoms with Crippen LogP contribution in [0.4, 0.5) is 5.69 Å². The Morgan fingerprint density at radius 2 is 1.73 bits per heavy atom. The standard InChI is InChI=1S/C34H30N2O5/c1-22-6-3-8-25(18-22)32-29-20-27(12-11-24(29)15-16-36(32)34(38)31-10-5-17-39-31)40-21-28-13-14-30(41-28)33(37)35-26-9-4-7-23(2)19-26/h3-14,17-20,32H,15-16,21H2,1-2H3,(H,35,37). The Labute approximate surface area is 238 Å². The molecule has 0 radical (unpaired) electrons. The predicted molar refractivity (Wildman–Crippen MR) is 155 cm³/mol. The van der Waals surface area contributed by atoms with Gasteiger partial charge in [0.25, 0.3) is 11.8 Å². The second-order valence-corrected chi connectivity index (χ2v) is 10.3. The molecule has 1 aliphatic rings. The average molecular weight is 547 g/mol. The number of carbonyl (C=O) groups is 2. The van der Waals surface area contributed by atoms with E-state index < -0.39 is 0 Å². The zero-order valence-corrected chi connectivity index (χ0v) is 22.9. The Bertz CT molecular complexity index is 1700. The molecule has 5 aromatic rings. The van der Waals surface area contributed by atoms with Gasteiger partial charge < -0.3 is 23.8 Å². The third kappa shape index (κ3) is 5.65. The molecule has 1 unspecified atom stereocenters. The number of ether oxygens (including phenoxy) is 1. The molecule has 1 N–H and O–H groups in total. The smallest absolute Gasteiger partial charge is 0.291 e. The Hall–Kier alpha value is -5.04. The lowest BCUT2D eigenvalue weighted by Gasteiger charge is -2.37. The van der Waals surface area contributed by atoms with Crippen LogP contribution in [0, 0.1) is 13.8 Å². The Kier molecular flexibility index (Phi) is 7.17. The zero-order valence-electron chi connectivity index (χ0n) is 22.9. The van der Waals surface area contributed by atoms with Crippen molar-refractivity contribution in [3.8, 4) is 5.75 Å². The highest BCUT2D eigenvalue weighted by Gasteiger charge is 2.34. The van der Waals surface area contributed by atoms with E-state index in [-0.39, 0.29) is 30.2 Å². The molecule has 6 rings (SSSR count). The van der Waals surface area contributed by atoms with Crippen LogP contribution in [0.15, 0.2) is 106 Å². The van der Waals surface area contributed by atoms with Crippen molar-refractivity contribution in [2.24, 2.45) is 0 Å². The van der Waals surface area contributed by atoms with Crippen LogP contribution in [0.3, 0.4) is 0 Å². The van der Waals surface area contributed by atoms with Crippen LogP contribution < -0.4 is 10.1 Å². The second kappa shape index (κ2) is 11.2. The molecule has 0 bridgehead atoms. The van der Waals surface area contributed by atoms with Gasteiger partial charge in [-0.05, 0) is 91.1 Å². The van der Waals surface area contributed by atoms with Gasteiger partial charge in [-0.3, -0.25) is 9.59 Å². The summed E-state index contributed by atoms with van der Waals surface area (Å²) in [4.78, 5) is 28.0. The van der Waals surface area contributed by atoms with Crippen LogP contribution in [-0.2, 0) is 13.0 Å². The van der Waals surface area contributed by atoms with E-state index in [4.69, 9.17) is 13.6 Å². The van der Waals surface area contributed by atoms with Crippen LogP contribution in [0.5, 0.6) is 5.75 Å². The molecule has 0 fully saturated rings. The third-order valence-electron chi connectivity index (χ3n) is 7.24. The van der Waals surface area contributed by atoms with Crippen LogP contribution in [0.1, 0.15) is 60.7 Å². The molecule has 7 heteroatoms. The van der Waals surface area contributed by atoms with Crippen LogP contribution >= 0.6 is 0 Å². The van der Waals surface area contributed by atoms with E-state index >= 15 is 0 Å². The number of hydrogen-bond donors (Lipinski definition) is 1. The lowest BCUT2D eigenvalue weighted by Crippen LogP contribution is -2.40. The summed E-state index contributed by atoms with van der Waals surface area (Å²) in [7, 11) is 0. The molecule has 41 heavy (non-hydrogen) atoms. The molecule has 0 saturated carbocycles. The number of benzene rings is 3. The molecular formula is C34H30N2O5. The molecule has 2 aromatic heterocycles. The first-order valence-electron chi connectivity index (χ1n) is 13.6. The number of nitrogens with one attached hydrogen (secondary N) is 1. The van der Waals surface area contributed by atoms with Gasteiger partial charge >= 0.3 is 0 Å². The lowest BCUT2D eigenvalue weighted by molar-refractivity contribution is 0.0661. The Balaban J connectivity index is 1.22. The van der Waals surface area contributed by atoms with Crippen LogP contribution in [0.25, 0.3) is 0 Å². The van der Waals surface area contributed by atoms with E-state index in [1.807, 2.05) is 67.3 Å². The lowest BCUT2D eigenvalue weighted by atomic mass is 9.87. The topological polar surface area (TPSA) is 84.9 Å². The van der Waals surface area contributed by atoms with Crippen molar-refractivity contribution in [2.45, 2.75) is 32.9 Å². The molecule has 3 aromatic carbocycles. The fraction of sp³-hybridized carbons (Fsp3) is 0.176. The minimum Gasteiger partial charge on any atom is -0.486 e. The minimum absolute atomic E-state index is 0.148. The van der Waals surface area contributed by atoms with E-state index in [1.54, 1.807) is 24.3 Å². The second-order valence-electron chi connectivity index (χ2n) is 10.3. The maximum Gasteiger partial charge on any atom is 0.291 e. The quantitative estimate of drug-likeness (QED) is 0.235. The van der Waals surface area contributed by atoms with Gasteiger partial charge in [0.1, 0.15) is 18.1 Å². The number of amides is 2. The summed E-state index contributed by atoms with van der Waals surface area (Å²) in [6.45, 7) is 4.74. The Morgan fingerprint density at radius 3 is 2.51 bits per heavy atom. The normalized spacial score (nSPS) is 14.4. The van der Waals surface area contributed by atoms with Gasteiger partial charge in [0.2, 0.25) is 0 Å². The number of furan rings is 2. The fourth-order valence-electron chi connectivity index (χ4n) is 5.29. The van der Waals surface area contributed by atoms with Crippen molar-refractivity contribution in [1.29, 1.82) is 0 Å². The zero-order chi connectivity index (χ0) is 28.3. The summed E-state index contributed by atoms with van der Waals surface area (Å²) >= 11 is 0. The monoisotopic (exact) mass is 546 g/mol. The molecule has 0 spiro atoms. The number of fused-ring (bicyclic) bond motifs is 1. The van der Waals surface area contributed by atoms with Gasteiger partial charge in [-0.15, -0.1) is 0 Å². The SMILES string of the molecule is Cc1cccc(NC(=O)c2ccc(COc3ccc4c(c3)C(c3cccc(C)c3)N(C(=O)c3ccco3)CC4)o2)c1. The number of nitrogens with zero attached hydrogens (tertiary/aromatic N) is 1. The Morgan fingerprint density at radius 1 is 0.902 bits per heavy atom. The number of carbonyl (C=O) groups excluding carboxylic acids is 2. The van der Waals surface area contributed by atoms with Crippen LogP contribution in [0.2, 0.25) is 0 Å². The summed E-state index contributed by atoms with van der Waals surface area (Å²) in [6.07, 6.45) is 2.24. The van der Waals surface area contributed by atoms with E-state index in [0.29, 0.717) is 29.5 Å². The first-order chi connectivity index (χ1) is 19.9. The summed E-state index contributed by atoms with van der Waals surface area (Å²) in [6, 6.07) is 28.3. The summed E-state index contributed by atoms with van der Waals surface area (Å²) in [5.41, 5.74) is 6.09. The maximum absolute atomic E-state index is 13.5. The number of aryl methyl sites for hydroxylation is 2. The van der Waals surface area contributed by atoms with E-state index in [9.17, 15) is 9.59 Å². The highest BCUT2D eigenvalue weighted by atomic mass is 16.5. The minimum atomic E-state index is -0.321. The van der Waals surface area contributed by atoms with E-state index in [2.05, 4.69) is 23.5 Å². The van der Waals surface area contributed by atoms with Gasteiger partial charge in [-0.25, -0.2) is 0 Å². The van der Waals surface area contributed by atoms with Gasteiger partial charge in [0.05, 0.1) is 12.3 Å². The van der Waals surface area contributed by atoms with Crippen LogP contribution in [-0.4, -0.2) is 23.3 Å². The molecule has 2 amide bonds. The molecule has 0 saturated heterocycles. The molecular weight excluding hydrogens is 516 g/mol. The number of hydrogen-bond acceptors (Lipinski definition) is 5. The molecule has 0 aliphatic carbocycles. The molecule has 1 aliphatic heterocycles. The number of rotatable bonds is 7. The van der Waals surface area contributed by atoms with Gasteiger partial charge in [-0.1, -0.05) is 48.0 Å². The van der Waals surface area contributed by atoms with Crippen molar-refractivity contribution in [3.05, 3.63) is 142 Å². The molecule has 1 atom stereocenters. The molecule has 7 nitrogen and oxygen atoms in total. The largest absolute Gasteiger partial charge is 0.486 e. The highest BCUT2D eigenvalue weighted by molar-refractivity contribution is 6.02. The van der Waals surface area contributed by atoms with Crippen molar-refractivity contribution >= 4 is 17.5 Å². The first-order valence-corrected chi connectivity index (χ1v) is 13.6. The van der Waals surface area contributed by atoms with Gasteiger partial charge in [-0.2, -0.15) is 0 Å². The van der Waals surface area contributed by atoms with Crippen molar-refractivity contribution in [3.63, 3.8) is 0 Å². The number of anilines is 1. The van der Waals surface area contributed by atoms with Gasteiger partial charge in [0.15, 0.2) is 11.5 Å². The van der Waals surface area contributed by atoms with Crippen molar-refractivity contribution in [1.82, 2.24) is 4.90 Å². The fourth-order valence-corrected chi connectivity index (χ4v) is 5.29. The van der Waals surface area contributed by atoms with Crippen molar-refractivity contribution < 1.29 is 23.2 Å². The average Bonchev–Trinajstić information content (AvgIpc) is 3.68. The molecule has 3 heterocycles. The van der Waals surface area contributed by atoms with E-state index in [1.165, 1.54) is 11.8 Å². The highest BCUT2D eigenvalue weighted by Crippen LogP contribution is 2.38. The maximum atomic E-state index is 13.5. The molecule has 206 valence electrons. The van der Waals surface area contributed by atoms with E-state index in [0.717, 1.165) is 28.7 Å². The predicted octanol–water partition coefficient (Wildman–Crippen LogP) is 7.11.